The Balaban J connectivity index is 2.40. The Kier molecular flexibility index (Phi) is 4.03. The summed E-state index contributed by atoms with van der Waals surface area (Å²) >= 11 is 0. The van der Waals surface area contributed by atoms with Crippen LogP contribution in [0.4, 0.5) is 5.69 Å². The highest BCUT2D eigenvalue weighted by Crippen LogP contribution is 2.35. The van der Waals surface area contributed by atoms with Crippen LogP contribution in [0.5, 0.6) is 17.2 Å². The van der Waals surface area contributed by atoms with Gasteiger partial charge in [-0.05, 0) is 18.2 Å². The minimum absolute atomic E-state index is 0.0981. The number of nitro groups is 1. The van der Waals surface area contributed by atoms with Crippen molar-refractivity contribution in [3.63, 3.8) is 0 Å². The molecule has 0 radical (unpaired) electrons. The van der Waals surface area contributed by atoms with E-state index in [1.807, 2.05) is 0 Å². The molecule has 108 valence electrons. The van der Waals surface area contributed by atoms with Crippen LogP contribution < -0.4 is 15.2 Å². The monoisotopic (exact) mass is 287 g/mol. The predicted octanol–water partition coefficient (Wildman–Crippen LogP) is 2.68. The maximum absolute atomic E-state index is 10.7. The third kappa shape index (κ3) is 3.08. The molecule has 0 fully saturated rings. The van der Waals surface area contributed by atoms with Crippen molar-refractivity contribution in [2.45, 2.75) is 0 Å². The van der Waals surface area contributed by atoms with Gasteiger partial charge in [0.1, 0.15) is 11.6 Å². The minimum atomic E-state index is -0.518. The molecule has 2 rings (SSSR count). The molecule has 2 aromatic carbocycles. The summed E-state index contributed by atoms with van der Waals surface area (Å²) in [6.45, 7) is 0. The highest BCUT2D eigenvalue weighted by Gasteiger charge is 2.14. The van der Waals surface area contributed by atoms with E-state index < -0.39 is 4.92 Å². The Hall–Kier alpha value is -3.09. The van der Waals surface area contributed by atoms with Crippen molar-refractivity contribution in [1.29, 1.82) is 5.41 Å². The van der Waals surface area contributed by atoms with Gasteiger partial charge in [-0.1, -0.05) is 12.1 Å². The number of nitrogens with zero attached hydrogens (tertiary/aromatic N) is 1. The topological polar surface area (TPSA) is 111 Å². The molecule has 0 aromatic heterocycles. The highest BCUT2D eigenvalue weighted by atomic mass is 16.6. The van der Waals surface area contributed by atoms with Gasteiger partial charge in [-0.2, -0.15) is 0 Å². The lowest BCUT2D eigenvalue weighted by molar-refractivity contribution is -0.384. The van der Waals surface area contributed by atoms with E-state index >= 15 is 0 Å². The van der Waals surface area contributed by atoms with Crippen molar-refractivity contribution in [2.75, 3.05) is 7.11 Å². The summed E-state index contributed by atoms with van der Waals surface area (Å²) in [5.41, 5.74) is 5.82. The first-order valence-electron chi connectivity index (χ1n) is 5.96. The molecule has 0 heterocycles. The van der Waals surface area contributed by atoms with Crippen molar-refractivity contribution in [2.24, 2.45) is 5.73 Å². The minimum Gasteiger partial charge on any atom is -0.493 e. The zero-order valence-electron chi connectivity index (χ0n) is 11.2. The fraction of sp³-hybridized carbons (Fsp3) is 0.0714. The van der Waals surface area contributed by atoms with Gasteiger partial charge in [-0.15, -0.1) is 0 Å². The van der Waals surface area contributed by atoms with Crippen molar-refractivity contribution in [3.8, 4) is 17.2 Å². The normalized spacial score (nSPS) is 9.95. The highest BCUT2D eigenvalue weighted by molar-refractivity contribution is 5.97. The lowest BCUT2D eigenvalue weighted by atomic mass is 10.2. The molecule has 0 aliphatic rings. The molecule has 0 aliphatic heterocycles. The van der Waals surface area contributed by atoms with Crippen LogP contribution in [0.3, 0.4) is 0 Å². The van der Waals surface area contributed by atoms with Gasteiger partial charge in [0.2, 0.25) is 0 Å². The number of nitrogens with one attached hydrogen (secondary N) is 1. The number of benzene rings is 2. The fourth-order valence-corrected chi connectivity index (χ4v) is 1.75. The third-order valence-electron chi connectivity index (χ3n) is 2.76. The van der Waals surface area contributed by atoms with E-state index in [9.17, 15) is 10.1 Å². The first-order valence-corrected chi connectivity index (χ1v) is 5.96. The number of non-ortho nitro benzene ring substituents is 1. The number of hydrogen-bond donors (Lipinski definition) is 2. The van der Waals surface area contributed by atoms with Crippen LogP contribution in [0.15, 0.2) is 42.5 Å². The average Bonchev–Trinajstić information content (AvgIpc) is 2.47. The van der Waals surface area contributed by atoms with Gasteiger partial charge in [-0.25, -0.2) is 0 Å². The van der Waals surface area contributed by atoms with Gasteiger partial charge in [0.15, 0.2) is 11.5 Å². The van der Waals surface area contributed by atoms with Crippen LogP contribution in [-0.2, 0) is 0 Å². The molecule has 2 aromatic rings. The molecule has 3 N–H and O–H groups in total. The van der Waals surface area contributed by atoms with Gasteiger partial charge in [0.05, 0.1) is 23.7 Å². The molecular weight excluding hydrogens is 274 g/mol. The molecule has 21 heavy (non-hydrogen) atoms. The Morgan fingerprint density at radius 2 is 1.90 bits per heavy atom. The molecular formula is C14H13N3O4. The second-order valence-electron chi connectivity index (χ2n) is 4.10. The summed E-state index contributed by atoms with van der Waals surface area (Å²) in [6.07, 6.45) is 0. The number of methoxy groups -OCH3 is 1. The van der Waals surface area contributed by atoms with E-state index in [2.05, 4.69) is 0 Å². The number of nitro benzene ring substituents is 1. The zero-order chi connectivity index (χ0) is 15.4. The van der Waals surface area contributed by atoms with Crippen LogP contribution in [0.1, 0.15) is 5.56 Å². The van der Waals surface area contributed by atoms with E-state index in [0.717, 1.165) is 0 Å². The van der Waals surface area contributed by atoms with Gasteiger partial charge in [-0.3, -0.25) is 15.5 Å². The summed E-state index contributed by atoms with van der Waals surface area (Å²) in [5, 5.41) is 18.3. The molecule has 0 bridgehead atoms. The Labute approximate surface area is 120 Å². The number of hydrogen-bond acceptors (Lipinski definition) is 5. The predicted molar refractivity (Wildman–Crippen MR) is 77.2 cm³/mol. The molecule has 0 saturated carbocycles. The maximum Gasteiger partial charge on any atom is 0.273 e. The second kappa shape index (κ2) is 5.91. The number of amidine groups is 1. The van der Waals surface area contributed by atoms with Crippen molar-refractivity contribution < 1.29 is 14.4 Å². The number of nitrogens with two attached hydrogens (primary N) is 1. The zero-order valence-corrected chi connectivity index (χ0v) is 11.2. The maximum atomic E-state index is 10.7. The van der Waals surface area contributed by atoms with Crippen LogP contribution in [0.25, 0.3) is 0 Å². The molecule has 0 spiro atoms. The van der Waals surface area contributed by atoms with E-state index in [0.29, 0.717) is 17.1 Å². The molecule has 0 aliphatic carbocycles. The van der Waals surface area contributed by atoms with Crippen molar-refractivity contribution >= 4 is 11.5 Å². The standard InChI is InChI=1S/C14H13N3O4/c1-20-13-8-9(17(18)19)6-7-12(13)21-11-5-3-2-4-10(11)14(15)16/h2-8H,1H3,(H3,15,16). The SMILES string of the molecule is COc1cc([N+](=O)[O-])ccc1Oc1ccccc1C(=N)N. The van der Waals surface area contributed by atoms with Crippen LogP contribution in [0, 0.1) is 15.5 Å². The van der Waals surface area contributed by atoms with E-state index in [1.54, 1.807) is 24.3 Å². The number of rotatable bonds is 5. The lowest BCUT2D eigenvalue weighted by Crippen LogP contribution is -2.12. The Morgan fingerprint density at radius 1 is 1.19 bits per heavy atom. The number of para-hydroxylation sites is 1. The largest absolute Gasteiger partial charge is 0.493 e. The average molecular weight is 287 g/mol. The molecule has 7 nitrogen and oxygen atoms in total. The molecule has 0 amide bonds. The first-order chi connectivity index (χ1) is 10.0. The Morgan fingerprint density at radius 3 is 2.52 bits per heavy atom. The van der Waals surface area contributed by atoms with Crippen LogP contribution >= 0.6 is 0 Å². The Bertz CT molecular complexity index is 700. The molecule has 7 heteroatoms. The van der Waals surface area contributed by atoms with Crippen LogP contribution in [-0.4, -0.2) is 17.9 Å². The van der Waals surface area contributed by atoms with Gasteiger partial charge in [0.25, 0.3) is 5.69 Å². The number of nitrogen functional groups attached to an aromatic ring is 1. The lowest BCUT2D eigenvalue weighted by Gasteiger charge is -2.12. The second-order valence-corrected chi connectivity index (χ2v) is 4.10. The first kappa shape index (κ1) is 14.3. The van der Waals surface area contributed by atoms with Crippen LogP contribution in [0.2, 0.25) is 0 Å². The van der Waals surface area contributed by atoms with Gasteiger partial charge in [0, 0.05) is 6.07 Å². The summed E-state index contributed by atoms with van der Waals surface area (Å²) < 4.78 is 10.8. The van der Waals surface area contributed by atoms with Gasteiger partial charge >= 0.3 is 0 Å². The smallest absolute Gasteiger partial charge is 0.273 e. The van der Waals surface area contributed by atoms with E-state index in [1.165, 1.54) is 25.3 Å². The summed E-state index contributed by atoms with van der Waals surface area (Å²) in [7, 11) is 1.39. The summed E-state index contributed by atoms with van der Waals surface area (Å²) in [4.78, 5) is 10.2. The van der Waals surface area contributed by atoms with Crippen molar-refractivity contribution in [3.05, 3.63) is 58.1 Å². The van der Waals surface area contributed by atoms with E-state index in [-0.39, 0.29) is 17.3 Å². The third-order valence-corrected chi connectivity index (χ3v) is 2.76. The van der Waals surface area contributed by atoms with E-state index in [4.69, 9.17) is 20.6 Å². The quantitative estimate of drug-likeness (QED) is 0.380. The molecule has 0 atom stereocenters. The molecule has 0 saturated heterocycles. The van der Waals surface area contributed by atoms with Crippen molar-refractivity contribution in [1.82, 2.24) is 0 Å². The van der Waals surface area contributed by atoms with Gasteiger partial charge < -0.3 is 15.2 Å². The summed E-state index contributed by atoms with van der Waals surface area (Å²) in [5.74, 6) is 0.767. The molecule has 0 unspecified atom stereocenters. The number of ether oxygens (including phenoxy) is 2. The summed E-state index contributed by atoms with van der Waals surface area (Å²) in [6, 6.07) is 10.8. The fourth-order valence-electron chi connectivity index (χ4n) is 1.75.